The van der Waals surface area contributed by atoms with Crippen molar-refractivity contribution in [3.8, 4) is 0 Å². The molecule has 5 rings (SSSR count). The number of fused-ring (bicyclic) bond motifs is 2. The molecule has 4 aliphatic rings. The summed E-state index contributed by atoms with van der Waals surface area (Å²) in [7, 11) is 1.89. The first-order valence-electron chi connectivity index (χ1n) is 11.7. The molecule has 2 aliphatic carbocycles. The molecule has 2 saturated carbocycles. The summed E-state index contributed by atoms with van der Waals surface area (Å²) in [5, 5.41) is 7.49. The van der Waals surface area contributed by atoms with Crippen LogP contribution in [-0.2, 0) is 4.74 Å². The third kappa shape index (κ3) is 3.31. The van der Waals surface area contributed by atoms with Crippen LogP contribution in [0.4, 0.5) is 5.69 Å². The summed E-state index contributed by atoms with van der Waals surface area (Å²) in [6.07, 6.45) is 9.58. The molecule has 2 saturated heterocycles. The van der Waals surface area contributed by atoms with Crippen molar-refractivity contribution >= 4 is 11.6 Å². The van der Waals surface area contributed by atoms with E-state index in [0.717, 1.165) is 12.6 Å². The quantitative estimate of drug-likeness (QED) is 0.599. The van der Waals surface area contributed by atoms with Gasteiger partial charge in [0, 0.05) is 49.8 Å². The van der Waals surface area contributed by atoms with Gasteiger partial charge < -0.3 is 20.3 Å². The zero-order valence-corrected chi connectivity index (χ0v) is 18.0. The van der Waals surface area contributed by atoms with E-state index in [0.29, 0.717) is 23.5 Å². The highest BCUT2D eigenvalue weighted by Crippen LogP contribution is 2.60. The molecule has 1 aromatic rings. The Labute approximate surface area is 175 Å². The maximum absolute atomic E-state index is 6.14. The summed E-state index contributed by atoms with van der Waals surface area (Å²) in [5.74, 6) is 1.59. The van der Waals surface area contributed by atoms with Gasteiger partial charge in [0.25, 0.3) is 0 Å². The maximum atomic E-state index is 6.14. The average molecular weight is 397 g/mol. The molecule has 0 aromatic heterocycles. The molecule has 0 radical (unpaired) electrons. The van der Waals surface area contributed by atoms with Crippen molar-refractivity contribution < 1.29 is 4.74 Å². The van der Waals surface area contributed by atoms with Crippen molar-refractivity contribution in [2.75, 3.05) is 31.6 Å². The van der Waals surface area contributed by atoms with Crippen molar-refractivity contribution in [3.05, 3.63) is 29.8 Å². The second kappa shape index (κ2) is 7.82. The highest BCUT2D eigenvalue weighted by atomic mass is 16.5. The number of ether oxygens (including phenoxy) is 1. The Morgan fingerprint density at radius 2 is 2.00 bits per heavy atom. The molecule has 1 aromatic carbocycles. The Morgan fingerprint density at radius 1 is 1.21 bits per heavy atom. The number of anilines is 1. The molecule has 5 nitrogen and oxygen atoms in total. The molecule has 1 spiro atoms. The SMILES string of the molecule is CN=C(NC(C)c1cccc(N2CCCC2)c1)NC1C2CCOC2C12CCCC2. The number of benzene rings is 1. The van der Waals surface area contributed by atoms with E-state index in [9.17, 15) is 0 Å². The largest absolute Gasteiger partial charge is 0.377 e. The highest BCUT2D eigenvalue weighted by Gasteiger charge is 2.65. The summed E-state index contributed by atoms with van der Waals surface area (Å²) >= 11 is 0. The second-order valence-corrected chi connectivity index (χ2v) is 9.53. The van der Waals surface area contributed by atoms with Gasteiger partial charge in [-0.2, -0.15) is 0 Å². The minimum atomic E-state index is 0.221. The first-order chi connectivity index (χ1) is 14.2. The summed E-state index contributed by atoms with van der Waals surface area (Å²) in [4.78, 5) is 7.09. The number of rotatable bonds is 4. The predicted molar refractivity (Wildman–Crippen MR) is 118 cm³/mol. The number of guanidine groups is 1. The number of nitrogens with one attached hydrogen (secondary N) is 2. The lowest BCUT2D eigenvalue weighted by molar-refractivity contribution is -0.125. The van der Waals surface area contributed by atoms with Crippen LogP contribution in [-0.4, -0.2) is 44.8 Å². The Balaban J connectivity index is 1.26. The van der Waals surface area contributed by atoms with Crippen molar-refractivity contribution in [2.45, 2.75) is 70.1 Å². The molecule has 29 heavy (non-hydrogen) atoms. The Kier molecular flexibility index (Phi) is 5.19. The monoisotopic (exact) mass is 396 g/mol. The van der Waals surface area contributed by atoms with Gasteiger partial charge >= 0.3 is 0 Å². The molecule has 158 valence electrons. The number of nitrogens with zero attached hydrogens (tertiary/aromatic N) is 2. The van der Waals surface area contributed by atoms with E-state index in [4.69, 9.17) is 4.74 Å². The zero-order chi connectivity index (χ0) is 19.8. The lowest BCUT2D eigenvalue weighted by atomic mass is 9.54. The van der Waals surface area contributed by atoms with Crippen molar-refractivity contribution in [1.29, 1.82) is 0 Å². The average Bonchev–Trinajstić information content (AvgIpc) is 3.51. The molecule has 4 atom stereocenters. The van der Waals surface area contributed by atoms with Crippen molar-refractivity contribution in [2.24, 2.45) is 16.3 Å². The molecular weight excluding hydrogens is 360 g/mol. The van der Waals surface area contributed by atoms with Crippen molar-refractivity contribution in [1.82, 2.24) is 10.6 Å². The first kappa shape index (κ1) is 19.2. The van der Waals surface area contributed by atoms with E-state index in [1.165, 1.54) is 69.3 Å². The summed E-state index contributed by atoms with van der Waals surface area (Å²) in [5.41, 5.74) is 3.02. The first-order valence-corrected chi connectivity index (χ1v) is 11.7. The van der Waals surface area contributed by atoms with Gasteiger partial charge in [-0.1, -0.05) is 25.0 Å². The smallest absolute Gasteiger partial charge is 0.191 e. The molecule has 0 bridgehead atoms. The van der Waals surface area contributed by atoms with Crippen LogP contribution in [0.15, 0.2) is 29.3 Å². The lowest BCUT2D eigenvalue weighted by Crippen LogP contribution is -2.69. The van der Waals surface area contributed by atoms with E-state index in [1.807, 2.05) is 7.05 Å². The minimum absolute atomic E-state index is 0.221. The topological polar surface area (TPSA) is 48.9 Å². The van der Waals surface area contributed by atoms with Crippen LogP contribution in [0.3, 0.4) is 0 Å². The van der Waals surface area contributed by atoms with E-state index in [2.05, 4.69) is 51.7 Å². The van der Waals surface area contributed by atoms with Crippen LogP contribution in [0, 0.1) is 11.3 Å². The van der Waals surface area contributed by atoms with Gasteiger partial charge in [-0.05, 0) is 56.7 Å². The van der Waals surface area contributed by atoms with E-state index >= 15 is 0 Å². The van der Waals surface area contributed by atoms with Gasteiger partial charge in [-0.15, -0.1) is 0 Å². The normalized spacial score (nSPS) is 31.6. The van der Waals surface area contributed by atoms with Gasteiger partial charge in [0.05, 0.1) is 12.1 Å². The molecule has 4 unspecified atom stereocenters. The summed E-state index contributed by atoms with van der Waals surface area (Å²) in [6, 6.07) is 9.74. The van der Waals surface area contributed by atoms with Crippen LogP contribution in [0.1, 0.15) is 63.5 Å². The van der Waals surface area contributed by atoms with Crippen LogP contribution in [0.5, 0.6) is 0 Å². The predicted octanol–water partition coefficient (Wildman–Crippen LogP) is 3.86. The fraction of sp³-hybridized carbons (Fsp3) is 0.708. The van der Waals surface area contributed by atoms with Gasteiger partial charge in [0.15, 0.2) is 5.96 Å². The summed E-state index contributed by atoms with van der Waals surface area (Å²) in [6.45, 7) is 5.54. The van der Waals surface area contributed by atoms with Crippen molar-refractivity contribution in [3.63, 3.8) is 0 Å². The molecule has 2 N–H and O–H groups in total. The lowest BCUT2D eigenvalue weighted by Gasteiger charge is -2.57. The second-order valence-electron chi connectivity index (χ2n) is 9.53. The zero-order valence-electron chi connectivity index (χ0n) is 18.0. The van der Waals surface area contributed by atoms with Gasteiger partial charge in [0.1, 0.15) is 0 Å². The third-order valence-electron chi connectivity index (χ3n) is 8.00. The number of aliphatic imine (C=N–C) groups is 1. The Morgan fingerprint density at radius 3 is 2.76 bits per heavy atom. The Bertz CT molecular complexity index is 751. The van der Waals surface area contributed by atoms with Gasteiger partial charge in [-0.3, -0.25) is 4.99 Å². The van der Waals surface area contributed by atoms with Crippen LogP contribution >= 0.6 is 0 Å². The molecule has 5 heteroatoms. The highest BCUT2D eigenvalue weighted by molar-refractivity contribution is 5.81. The van der Waals surface area contributed by atoms with Crippen LogP contribution in [0.2, 0.25) is 0 Å². The molecule has 4 fully saturated rings. The molecule has 2 aliphatic heterocycles. The Hall–Kier alpha value is -1.75. The minimum Gasteiger partial charge on any atom is -0.377 e. The van der Waals surface area contributed by atoms with E-state index in [-0.39, 0.29) is 6.04 Å². The molecule has 2 heterocycles. The maximum Gasteiger partial charge on any atom is 0.191 e. The fourth-order valence-corrected chi connectivity index (χ4v) is 6.48. The van der Waals surface area contributed by atoms with Crippen LogP contribution in [0.25, 0.3) is 0 Å². The van der Waals surface area contributed by atoms with E-state index in [1.54, 1.807) is 0 Å². The standard InChI is InChI=1S/C24H36N4O/c1-17(18-8-7-9-19(16-18)28-13-5-6-14-28)26-23(25-2)27-21-20-10-15-29-22(20)24(21)11-3-4-12-24/h7-9,16-17,20-22H,3-6,10-15H2,1-2H3,(H2,25,26,27). The van der Waals surface area contributed by atoms with Crippen LogP contribution < -0.4 is 15.5 Å². The fourth-order valence-electron chi connectivity index (χ4n) is 6.48. The van der Waals surface area contributed by atoms with Gasteiger partial charge in [0.2, 0.25) is 0 Å². The number of hydrogen-bond acceptors (Lipinski definition) is 3. The molecular formula is C24H36N4O. The third-order valence-corrected chi connectivity index (χ3v) is 8.00. The van der Waals surface area contributed by atoms with Gasteiger partial charge in [-0.25, -0.2) is 0 Å². The van der Waals surface area contributed by atoms with E-state index < -0.39 is 0 Å². The molecule has 0 amide bonds. The number of hydrogen-bond donors (Lipinski definition) is 2. The summed E-state index contributed by atoms with van der Waals surface area (Å²) < 4.78 is 6.14.